The quantitative estimate of drug-likeness (QED) is 0.685. The lowest BCUT2D eigenvalue weighted by Gasteiger charge is -2.13. The summed E-state index contributed by atoms with van der Waals surface area (Å²) >= 11 is 0. The SMILES string of the molecule is C=CP(c1ccccc1)c1ccccc1. The Kier molecular flexibility index (Phi) is 3.32. The molecule has 0 aliphatic heterocycles. The van der Waals surface area contributed by atoms with Crippen molar-refractivity contribution in [2.24, 2.45) is 0 Å². The Balaban J connectivity index is 2.38. The van der Waals surface area contributed by atoms with Crippen LogP contribution in [-0.4, -0.2) is 0 Å². The molecule has 74 valence electrons. The van der Waals surface area contributed by atoms with Crippen molar-refractivity contribution in [2.45, 2.75) is 0 Å². The van der Waals surface area contributed by atoms with Crippen molar-refractivity contribution in [3.8, 4) is 0 Å². The van der Waals surface area contributed by atoms with E-state index in [1.807, 2.05) is 12.1 Å². The van der Waals surface area contributed by atoms with E-state index >= 15 is 0 Å². The van der Waals surface area contributed by atoms with Gasteiger partial charge < -0.3 is 0 Å². The summed E-state index contributed by atoms with van der Waals surface area (Å²) < 4.78 is 0. The van der Waals surface area contributed by atoms with E-state index in [9.17, 15) is 0 Å². The largest absolute Gasteiger partial charge is 0.0980 e. The van der Waals surface area contributed by atoms with Gasteiger partial charge in [0.15, 0.2) is 0 Å². The second-order valence-corrected chi connectivity index (χ2v) is 5.36. The Morgan fingerprint density at radius 2 is 1.13 bits per heavy atom. The summed E-state index contributed by atoms with van der Waals surface area (Å²) in [5.41, 5.74) is 0. The van der Waals surface area contributed by atoms with Crippen molar-refractivity contribution in [2.75, 3.05) is 0 Å². The van der Waals surface area contributed by atoms with Gasteiger partial charge in [-0.05, 0) is 18.5 Å². The van der Waals surface area contributed by atoms with E-state index in [1.54, 1.807) is 0 Å². The molecule has 0 aliphatic rings. The molecule has 0 unspecified atom stereocenters. The van der Waals surface area contributed by atoms with Gasteiger partial charge in [-0.3, -0.25) is 0 Å². The molecule has 2 rings (SSSR count). The molecule has 2 aromatic carbocycles. The summed E-state index contributed by atoms with van der Waals surface area (Å²) in [5.74, 6) is 2.06. The third-order valence-electron chi connectivity index (χ3n) is 2.25. The highest BCUT2D eigenvalue weighted by molar-refractivity contribution is 7.75. The molecule has 1 heteroatoms. The van der Waals surface area contributed by atoms with Crippen LogP contribution in [-0.2, 0) is 0 Å². The molecule has 0 saturated carbocycles. The molecule has 2 aromatic rings. The molecular weight excluding hydrogens is 199 g/mol. The van der Waals surface area contributed by atoms with Crippen LogP contribution >= 0.6 is 7.92 Å². The lowest BCUT2D eigenvalue weighted by molar-refractivity contribution is 1.75. The number of rotatable bonds is 3. The topological polar surface area (TPSA) is 0 Å². The van der Waals surface area contributed by atoms with Crippen LogP contribution in [0.2, 0.25) is 0 Å². The normalized spacial score (nSPS) is 10.2. The van der Waals surface area contributed by atoms with E-state index in [2.05, 4.69) is 60.9 Å². The summed E-state index contributed by atoms with van der Waals surface area (Å²) in [5, 5.41) is 2.71. The standard InChI is InChI=1S/C14H13P/c1-2-15(13-9-5-3-6-10-13)14-11-7-4-8-12-14/h2-12H,1H2. The van der Waals surface area contributed by atoms with Gasteiger partial charge in [0.05, 0.1) is 0 Å². The first-order valence-electron chi connectivity index (χ1n) is 4.94. The van der Waals surface area contributed by atoms with Crippen LogP contribution in [0.15, 0.2) is 73.1 Å². The Labute approximate surface area is 92.0 Å². The predicted octanol–water partition coefficient (Wildman–Crippen LogP) is 3.26. The average Bonchev–Trinajstić information content (AvgIpc) is 2.33. The highest BCUT2D eigenvalue weighted by Crippen LogP contribution is 2.33. The van der Waals surface area contributed by atoms with Crippen molar-refractivity contribution in [3.63, 3.8) is 0 Å². The van der Waals surface area contributed by atoms with Gasteiger partial charge >= 0.3 is 0 Å². The Hall–Kier alpha value is -1.39. The Morgan fingerprint density at radius 1 is 0.733 bits per heavy atom. The van der Waals surface area contributed by atoms with Crippen LogP contribution in [0.3, 0.4) is 0 Å². The number of hydrogen-bond acceptors (Lipinski definition) is 0. The molecule has 0 nitrogen and oxygen atoms in total. The van der Waals surface area contributed by atoms with E-state index in [-0.39, 0.29) is 7.92 Å². The molecule has 0 N–H and O–H groups in total. The van der Waals surface area contributed by atoms with Crippen LogP contribution in [0.1, 0.15) is 0 Å². The number of hydrogen-bond donors (Lipinski definition) is 0. The van der Waals surface area contributed by atoms with Crippen molar-refractivity contribution < 1.29 is 0 Å². The second kappa shape index (κ2) is 4.91. The first-order chi connectivity index (χ1) is 7.42. The monoisotopic (exact) mass is 212 g/mol. The molecule has 15 heavy (non-hydrogen) atoms. The molecule has 0 radical (unpaired) electrons. The van der Waals surface area contributed by atoms with E-state index in [0.29, 0.717) is 0 Å². The summed E-state index contributed by atoms with van der Waals surface area (Å²) in [4.78, 5) is 0. The van der Waals surface area contributed by atoms with E-state index < -0.39 is 0 Å². The zero-order chi connectivity index (χ0) is 10.5. The molecule has 0 heterocycles. The molecule has 0 atom stereocenters. The summed E-state index contributed by atoms with van der Waals surface area (Å²) in [6.45, 7) is 3.94. The van der Waals surface area contributed by atoms with E-state index in [1.165, 1.54) is 10.6 Å². The lowest BCUT2D eigenvalue weighted by Crippen LogP contribution is -2.08. The molecule has 0 aliphatic carbocycles. The number of benzene rings is 2. The average molecular weight is 212 g/mol. The third-order valence-corrected chi connectivity index (χ3v) is 4.33. The molecule has 0 fully saturated rings. The fraction of sp³-hybridized carbons (Fsp3) is 0. The van der Waals surface area contributed by atoms with Crippen molar-refractivity contribution in [3.05, 3.63) is 73.1 Å². The molecule has 0 spiro atoms. The van der Waals surface area contributed by atoms with Gasteiger partial charge in [-0.15, -0.1) is 0 Å². The maximum Gasteiger partial charge on any atom is -0.0157 e. The van der Waals surface area contributed by atoms with Crippen molar-refractivity contribution in [1.29, 1.82) is 0 Å². The van der Waals surface area contributed by atoms with Gasteiger partial charge in [0.25, 0.3) is 0 Å². The predicted molar refractivity (Wildman–Crippen MR) is 69.3 cm³/mol. The molecule has 0 saturated heterocycles. The van der Waals surface area contributed by atoms with Crippen LogP contribution in [0.25, 0.3) is 0 Å². The smallest absolute Gasteiger partial charge is 0.0157 e. The summed E-state index contributed by atoms with van der Waals surface area (Å²) in [7, 11) is -0.385. The Bertz CT molecular complexity index is 380. The molecule has 0 aromatic heterocycles. The van der Waals surface area contributed by atoms with Crippen LogP contribution in [0.5, 0.6) is 0 Å². The van der Waals surface area contributed by atoms with Crippen LogP contribution < -0.4 is 10.6 Å². The second-order valence-electron chi connectivity index (χ2n) is 3.22. The zero-order valence-electron chi connectivity index (χ0n) is 8.51. The Morgan fingerprint density at radius 3 is 1.47 bits per heavy atom. The third kappa shape index (κ3) is 2.34. The minimum atomic E-state index is -0.385. The molecule has 0 bridgehead atoms. The first-order valence-corrected chi connectivity index (χ1v) is 6.35. The summed E-state index contributed by atoms with van der Waals surface area (Å²) in [6, 6.07) is 21.1. The zero-order valence-corrected chi connectivity index (χ0v) is 9.40. The van der Waals surface area contributed by atoms with Gasteiger partial charge in [0, 0.05) is 0 Å². The minimum Gasteiger partial charge on any atom is -0.0980 e. The summed E-state index contributed by atoms with van der Waals surface area (Å²) in [6.07, 6.45) is 0. The minimum absolute atomic E-state index is 0.385. The fourth-order valence-electron chi connectivity index (χ4n) is 1.54. The fourth-order valence-corrected chi connectivity index (χ4v) is 3.24. The lowest BCUT2D eigenvalue weighted by atomic mass is 10.4. The highest BCUT2D eigenvalue weighted by Gasteiger charge is 2.07. The first kappa shape index (κ1) is 10.1. The van der Waals surface area contributed by atoms with E-state index in [4.69, 9.17) is 0 Å². The van der Waals surface area contributed by atoms with Gasteiger partial charge in [-0.1, -0.05) is 73.1 Å². The van der Waals surface area contributed by atoms with Gasteiger partial charge in [-0.2, -0.15) is 0 Å². The van der Waals surface area contributed by atoms with Crippen molar-refractivity contribution >= 4 is 18.5 Å². The van der Waals surface area contributed by atoms with E-state index in [0.717, 1.165) is 0 Å². The molecule has 0 amide bonds. The highest BCUT2D eigenvalue weighted by atomic mass is 31.1. The van der Waals surface area contributed by atoms with Crippen LogP contribution in [0, 0.1) is 0 Å². The van der Waals surface area contributed by atoms with Gasteiger partial charge in [0.2, 0.25) is 0 Å². The maximum absolute atomic E-state index is 3.94. The maximum atomic E-state index is 3.94. The van der Waals surface area contributed by atoms with Crippen LogP contribution in [0.4, 0.5) is 0 Å². The van der Waals surface area contributed by atoms with Gasteiger partial charge in [-0.25, -0.2) is 0 Å². The molecular formula is C14H13P. The van der Waals surface area contributed by atoms with Crippen molar-refractivity contribution in [1.82, 2.24) is 0 Å². The van der Waals surface area contributed by atoms with Gasteiger partial charge in [0.1, 0.15) is 0 Å².